The fourth-order valence-electron chi connectivity index (χ4n) is 3.12. The number of aromatic nitrogens is 3. The number of rotatable bonds is 10. The van der Waals surface area contributed by atoms with Gasteiger partial charge in [-0.3, -0.25) is 0 Å². The second kappa shape index (κ2) is 11.7. The van der Waals surface area contributed by atoms with Crippen LogP contribution in [0.3, 0.4) is 0 Å². The van der Waals surface area contributed by atoms with Crippen LogP contribution in [0.25, 0.3) is 0 Å². The van der Waals surface area contributed by atoms with Crippen molar-refractivity contribution in [2.45, 2.75) is 31.4 Å². The Morgan fingerprint density at radius 3 is 2.65 bits per heavy atom. The lowest BCUT2D eigenvalue weighted by molar-refractivity contribution is 0.269. The summed E-state index contributed by atoms with van der Waals surface area (Å²) < 4.78 is 13.4. The predicted molar refractivity (Wildman–Crippen MR) is 137 cm³/mol. The Balaban J connectivity index is 1.44. The average molecular weight is 493 g/mol. The zero-order valence-electron chi connectivity index (χ0n) is 19.0. The summed E-state index contributed by atoms with van der Waals surface area (Å²) in [6, 6.07) is 21.8. The molecule has 4 rings (SSSR count). The molecule has 0 N–H and O–H groups in total. The van der Waals surface area contributed by atoms with Gasteiger partial charge in [-0.2, -0.15) is 9.78 Å². The van der Waals surface area contributed by atoms with Crippen LogP contribution >= 0.6 is 23.4 Å². The van der Waals surface area contributed by atoms with Crippen LogP contribution in [0.1, 0.15) is 29.2 Å². The summed E-state index contributed by atoms with van der Waals surface area (Å²) in [7, 11) is 0. The highest BCUT2D eigenvalue weighted by molar-refractivity contribution is 7.98. The normalized spacial score (nSPS) is 11.1. The van der Waals surface area contributed by atoms with Gasteiger partial charge in [0.15, 0.2) is 11.5 Å². The molecule has 1 aromatic heterocycles. The predicted octanol–water partition coefficient (Wildman–Crippen LogP) is 6.39. The smallest absolute Gasteiger partial charge is 0.212 e. The van der Waals surface area contributed by atoms with E-state index in [-0.39, 0.29) is 0 Å². The van der Waals surface area contributed by atoms with Crippen molar-refractivity contribution in [3.63, 3.8) is 0 Å². The molecule has 0 fully saturated rings. The molecule has 0 atom stereocenters. The monoisotopic (exact) mass is 492 g/mol. The number of hydrogen-bond donors (Lipinski definition) is 0. The van der Waals surface area contributed by atoms with E-state index in [1.807, 2.05) is 49.4 Å². The number of aryl methyl sites for hydroxylation is 1. The molecule has 0 amide bonds. The van der Waals surface area contributed by atoms with Gasteiger partial charge >= 0.3 is 0 Å². The van der Waals surface area contributed by atoms with Crippen LogP contribution in [0.2, 0.25) is 5.02 Å². The van der Waals surface area contributed by atoms with E-state index in [1.165, 1.54) is 11.1 Å². The van der Waals surface area contributed by atoms with Crippen LogP contribution in [0.15, 0.2) is 83.3 Å². The van der Waals surface area contributed by atoms with Gasteiger partial charge in [-0.25, -0.2) is 0 Å². The molecule has 174 valence electrons. The Morgan fingerprint density at radius 1 is 1.03 bits per heavy atom. The Kier molecular flexibility index (Phi) is 8.22. The Labute approximate surface area is 208 Å². The number of hydrogen-bond acceptors (Lipinski definition) is 6. The zero-order valence-corrected chi connectivity index (χ0v) is 20.6. The maximum atomic E-state index is 6.24. The van der Waals surface area contributed by atoms with Crippen LogP contribution in [0.5, 0.6) is 11.5 Å². The topological polar surface area (TPSA) is 61.5 Å². The number of thioether (sulfide) groups is 1. The quantitative estimate of drug-likeness (QED) is 0.189. The Morgan fingerprint density at radius 2 is 1.85 bits per heavy atom. The summed E-state index contributed by atoms with van der Waals surface area (Å²) >= 11 is 7.83. The van der Waals surface area contributed by atoms with Gasteiger partial charge in [-0.05, 0) is 49.2 Å². The molecule has 4 aromatic rings. The molecule has 8 heteroatoms. The van der Waals surface area contributed by atoms with Gasteiger partial charge in [0.25, 0.3) is 0 Å². The van der Waals surface area contributed by atoms with Gasteiger partial charge in [0.05, 0.1) is 12.8 Å². The summed E-state index contributed by atoms with van der Waals surface area (Å²) in [6.45, 7) is 4.90. The van der Waals surface area contributed by atoms with Crippen molar-refractivity contribution in [3.8, 4) is 11.5 Å². The van der Waals surface area contributed by atoms with Crippen molar-refractivity contribution in [3.05, 3.63) is 100 Å². The highest BCUT2D eigenvalue weighted by Crippen LogP contribution is 2.30. The van der Waals surface area contributed by atoms with Crippen LogP contribution in [-0.2, 0) is 12.4 Å². The van der Waals surface area contributed by atoms with E-state index in [0.29, 0.717) is 29.7 Å². The maximum absolute atomic E-state index is 6.24. The van der Waals surface area contributed by atoms with E-state index in [2.05, 4.69) is 46.5 Å². The van der Waals surface area contributed by atoms with Gasteiger partial charge in [0.2, 0.25) is 5.16 Å². The fraction of sp³-hybridized carbons (Fsp3) is 0.192. The van der Waals surface area contributed by atoms with Gasteiger partial charge in [-0.1, -0.05) is 71.4 Å². The third-order valence-corrected chi connectivity index (χ3v) is 6.30. The molecule has 6 nitrogen and oxygen atoms in total. The fourth-order valence-corrected chi connectivity index (χ4v) is 4.13. The summed E-state index contributed by atoms with van der Waals surface area (Å²) in [5.41, 5.74) is 4.26. The molecule has 0 radical (unpaired) electrons. The molecular formula is C26H25ClN4O2S. The summed E-state index contributed by atoms with van der Waals surface area (Å²) in [6.07, 6.45) is 3.35. The van der Waals surface area contributed by atoms with Gasteiger partial charge in [0.1, 0.15) is 12.9 Å². The highest BCUT2D eigenvalue weighted by Gasteiger charge is 2.09. The van der Waals surface area contributed by atoms with Crippen LogP contribution < -0.4 is 9.47 Å². The molecule has 0 saturated heterocycles. The standard InChI is InChI=1S/C26H25ClN4O2S/c1-3-32-25-14-21(12-13-24(25)33-16-22-6-4-5-7-23(22)27)15-29-31-18-28-30-26(31)34-17-20-10-8-19(2)9-11-20/h4-15,18H,3,16-17H2,1-2H3/b29-15+. The minimum absolute atomic E-state index is 0.357. The summed E-state index contributed by atoms with van der Waals surface area (Å²) in [4.78, 5) is 0. The Bertz CT molecular complexity index is 1260. The van der Waals surface area contributed by atoms with Gasteiger partial charge in [0, 0.05) is 16.3 Å². The molecule has 0 aliphatic carbocycles. The second-order valence-corrected chi connectivity index (χ2v) is 8.85. The first-order chi connectivity index (χ1) is 16.6. The van der Waals surface area contributed by atoms with E-state index in [9.17, 15) is 0 Å². The minimum Gasteiger partial charge on any atom is -0.490 e. The van der Waals surface area contributed by atoms with Crippen LogP contribution in [-0.4, -0.2) is 27.7 Å². The molecule has 0 spiro atoms. The van der Waals surface area contributed by atoms with Crippen LogP contribution in [0.4, 0.5) is 0 Å². The number of nitrogens with zero attached hydrogens (tertiary/aromatic N) is 4. The molecular weight excluding hydrogens is 468 g/mol. The highest BCUT2D eigenvalue weighted by atomic mass is 35.5. The SMILES string of the molecule is CCOc1cc(/C=N/n2cnnc2SCc2ccc(C)cc2)ccc1OCc1ccccc1Cl. The second-order valence-electron chi connectivity index (χ2n) is 7.50. The Hall–Kier alpha value is -3.29. The van der Waals surface area contributed by atoms with Crippen molar-refractivity contribution in [2.75, 3.05) is 6.61 Å². The maximum Gasteiger partial charge on any atom is 0.212 e. The largest absolute Gasteiger partial charge is 0.490 e. The van der Waals surface area contributed by atoms with Crippen molar-refractivity contribution < 1.29 is 9.47 Å². The first-order valence-electron chi connectivity index (χ1n) is 10.9. The first kappa shape index (κ1) is 23.9. The van der Waals surface area contributed by atoms with Crippen molar-refractivity contribution in [1.29, 1.82) is 0 Å². The van der Waals surface area contributed by atoms with E-state index in [0.717, 1.165) is 22.0 Å². The number of halogens is 1. The third kappa shape index (κ3) is 6.40. The first-order valence-corrected chi connectivity index (χ1v) is 12.2. The molecule has 0 bridgehead atoms. The number of benzene rings is 3. The van der Waals surface area contributed by atoms with Gasteiger partial charge in [-0.15, -0.1) is 10.2 Å². The number of ether oxygens (including phenoxy) is 2. The molecule has 0 unspecified atom stereocenters. The molecule has 0 aliphatic rings. The van der Waals surface area contributed by atoms with Crippen molar-refractivity contribution >= 4 is 29.6 Å². The van der Waals surface area contributed by atoms with E-state index < -0.39 is 0 Å². The molecule has 1 heterocycles. The molecule has 0 aliphatic heterocycles. The minimum atomic E-state index is 0.357. The molecule has 0 saturated carbocycles. The zero-order chi connectivity index (χ0) is 23.8. The van der Waals surface area contributed by atoms with E-state index in [4.69, 9.17) is 21.1 Å². The summed E-state index contributed by atoms with van der Waals surface area (Å²) in [5.74, 6) is 2.09. The van der Waals surface area contributed by atoms with Gasteiger partial charge < -0.3 is 9.47 Å². The van der Waals surface area contributed by atoms with E-state index >= 15 is 0 Å². The lowest BCUT2D eigenvalue weighted by atomic mass is 10.2. The van der Waals surface area contributed by atoms with E-state index in [1.54, 1.807) is 29.0 Å². The molecule has 3 aromatic carbocycles. The lowest BCUT2D eigenvalue weighted by Crippen LogP contribution is -2.01. The average Bonchev–Trinajstić information content (AvgIpc) is 3.30. The van der Waals surface area contributed by atoms with Crippen LogP contribution in [0, 0.1) is 6.92 Å². The third-order valence-electron chi connectivity index (χ3n) is 4.93. The molecule has 34 heavy (non-hydrogen) atoms. The van der Waals surface area contributed by atoms with Crippen molar-refractivity contribution in [1.82, 2.24) is 14.9 Å². The lowest BCUT2D eigenvalue weighted by Gasteiger charge is -2.13. The summed E-state index contributed by atoms with van der Waals surface area (Å²) in [5, 5.41) is 14.1. The van der Waals surface area contributed by atoms with Crippen molar-refractivity contribution in [2.24, 2.45) is 5.10 Å².